The van der Waals surface area contributed by atoms with Crippen molar-refractivity contribution in [2.45, 2.75) is 12.8 Å². The zero-order valence-corrected chi connectivity index (χ0v) is 5.49. The lowest BCUT2D eigenvalue weighted by molar-refractivity contribution is -0.170. The van der Waals surface area contributed by atoms with Gasteiger partial charge in [0, 0.05) is 12.8 Å². The van der Waals surface area contributed by atoms with Crippen LogP contribution in [0.5, 0.6) is 0 Å². The Morgan fingerprint density at radius 3 is 2.55 bits per heavy atom. The molecule has 1 aliphatic heterocycles. The molecule has 1 rings (SSSR count). The first-order valence-electron chi connectivity index (χ1n) is 3.40. The second-order valence-electron chi connectivity index (χ2n) is 1.96. The number of rotatable bonds is 1. The van der Waals surface area contributed by atoms with E-state index in [9.17, 15) is 14.4 Å². The summed E-state index contributed by atoms with van der Waals surface area (Å²) in [7, 11) is 0. The van der Waals surface area contributed by atoms with E-state index >= 15 is 0 Å². The minimum absolute atomic E-state index is 0.0457. The zero-order valence-electron chi connectivity index (χ0n) is 6.49. The maximum absolute atomic E-state index is 10.8. The summed E-state index contributed by atoms with van der Waals surface area (Å²) in [5.74, 6) is -1.13. The van der Waals surface area contributed by atoms with Crippen LogP contribution in [0.25, 0.3) is 0 Å². The molecule has 0 spiro atoms. The molecule has 0 unspecified atom stereocenters. The van der Waals surface area contributed by atoms with Crippen LogP contribution >= 0.6 is 0 Å². The van der Waals surface area contributed by atoms with Gasteiger partial charge >= 0.3 is 6.09 Å². The van der Waals surface area contributed by atoms with Gasteiger partial charge in [0.25, 0.3) is 11.8 Å². The van der Waals surface area contributed by atoms with E-state index in [2.05, 4.69) is 4.84 Å². The first kappa shape index (κ1) is 6.14. The second kappa shape index (κ2) is 2.57. The Hall–Kier alpha value is -1.59. The van der Waals surface area contributed by atoms with Crippen molar-refractivity contribution in [3.8, 4) is 0 Å². The maximum atomic E-state index is 10.8. The zero-order chi connectivity index (χ0) is 9.14. The summed E-state index contributed by atoms with van der Waals surface area (Å²) < 4.78 is 6.33. The van der Waals surface area contributed by atoms with E-state index in [1.807, 2.05) is 0 Å². The van der Waals surface area contributed by atoms with Gasteiger partial charge < -0.3 is 10.6 Å². The van der Waals surface area contributed by atoms with Crippen LogP contribution in [0.15, 0.2) is 0 Å². The summed E-state index contributed by atoms with van der Waals surface area (Å²) in [5, 5.41) is 0.365. The van der Waals surface area contributed by atoms with Crippen molar-refractivity contribution >= 4 is 17.9 Å². The van der Waals surface area contributed by atoms with Gasteiger partial charge in [0.2, 0.25) is 0 Å². The molecule has 1 saturated heterocycles. The Labute approximate surface area is 63.3 Å². The van der Waals surface area contributed by atoms with Gasteiger partial charge in [-0.05, 0) is 0 Å². The molecule has 1 heterocycles. The lowest BCUT2D eigenvalue weighted by Gasteiger charge is -2.09. The fourth-order valence-electron chi connectivity index (χ4n) is 0.741. The molecule has 1 fully saturated rings. The second-order valence-corrected chi connectivity index (χ2v) is 1.96. The van der Waals surface area contributed by atoms with Gasteiger partial charge in [-0.25, -0.2) is 4.79 Å². The fraction of sp³-hybridized carbons (Fsp3) is 0.400. The highest BCUT2D eigenvalue weighted by molar-refractivity contribution is 6.01. The van der Waals surface area contributed by atoms with Crippen LogP contribution in [0, 0.1) is 0 Å². The van der Waals surface area contributed by atoms with Crippen LogP contribution in [-0.4, -0.2) is 23.0 Å². The first-order chi connectivity index (χ1) is 5.65. The number of hydrogen-bond donors (Lipinski definition) is 1. The van der Waals surface area contributed by atoms with Crippen molar-refractivity contribution in [1.82, 2.24) is 5.06 Å². The minimum Gasteiger partial charge on any atom is -0.333 e. The van der Waals surface area contributed by atoms with Gasteiger partial charge in [-0.15, -0.1) is 5.06 Å². The van der Waals surface area contributed by atoms with Gasteiger partial charge in [0.15, 0.2) is 1.41 Å². The summed E-state index contributed by atoms with van der Waals surface area (Å²) in [6.45, 7) is 0. The van der Waals surface area contributed by atoms with E-state index in [0.29, 0.717) is 5.06 Å². The Kier molecular flexibility index (Phi) is 1.43. The molecule has 0 atom stereocenters. The predicted molar refractivity (Wildman–Crippen MR) is 31.8 cm³/mol. The van der Waals surface area contributed by atoms with E-state index in [1.165, 1.54) is 5.73 Å². The third-order valence-corrected chi connectivity index (χ3v) is 1.18. The standard InChI is InChI=1S/C5H6N2O4/c6-5(10)11-7-3(8)1-2-4(7)9/h1-2H2,(H2,6,10)/i/hD. The average molecular weight is 159 g/mol. The highest BCUT2D eigenvalue weighted by Gasteiger charge is 2.32. The lowest BCUT2D eigenvalue weighted by Crippen LogP contribution is -2.34. The molecule has 60 valence electrons. The monoisotopic (exact) mass is 159 g/mol. The Morgan fingerprint density at radius 1 is 1.55 bits per heavy atom. The molecule has 0 aromatic rings. The number of nitrogens with two attached hydrogens (primary N) is 1. The molecule has 6 heteroatoms. The van der Waals surface area contributed by atoms with Crippen molar-refractivity contribution in [3.05, 3.63) is 0 Å². The Balaban J connectivity index is 2.56. The van der Waals surface area contributed by atoms with Crippen molar-refractivity contribution in [2.24, 2.45) is 5.73 Å². The lowest BCUT2D eigenvalue weighted by atomic mass is 10.4. The largest absolute Gasteiger partial charge is 0.429 e. The fourth-order valence-corrected chi connectivity index (χ4v) is 0.741. The van der Waals surface area contributed by atoms with Gasteiger partial charge in [0.1, 0.15) is 0 Å². The number of carbonyl (C=O) groups excluding carboxylic acids is 3. The van der Waals surface area contributed by atoms with E-state index in [4.69, 9.17) is 1.41 Å². The van der Waals surface area contributed by atoms with Gasteiger partial charge in [-0.1, -0.05) is 0 Å². The van der Waals surface area contributed by atoms with Crippen LogP contribution in [0.4, 0.5) is 4.79 Å². The molecule has 0 aromatic heterocycles. The normalized spacial score (nSPS) is 18.2. The van der Waals surface area contributed by atoms with Crippen molar-refractivity contribution in [1.29, 1.82) is 0 Å². The molecule has 0 radical (unpaired) electrons. The highest BCUT2D eigenvalue weighted by atomic mass is 16.7. The Morgan fingerprint density at radius 2 is 2.09 bits per heavy atom. The third kappa shape index (κ3) is 1.46. The molecule has 2 N–H and O–H groups in total. The number of carbonyl (C=O) groups is 3. The number of amides is 3. The molecule has 11 heavy (non-hydrogen) atoms. The van der Waals surface area contributed by atoms with E-state index in [-0.39, 0.29) is 12.8 Å². The summed E-state index contributed by atoms with van der Waals surface area (Å²) in [5.41, 5.74) is 1.38. The Bertz CT molecular complexity index is 226. The molecule has 6 nitrogen and oxygen atoms in total. The van der Waals surface area contributed by atoms with Crippen molar-refractivity contribution < 1.29 is 20.6 Å². The number of nitrogens with zero attached hydrogens (tertiary/aromatic N) is 1. The highest BCUT2D eigenvalue weighted by Crippen LogP contribution is 2.11. The molecule has 1 aliphatic rings. The van der Waals surface area contributed by atoms with Crippen LogP contribution in [0.3, 0.4) is 0 Å². The molecule has 0 aromatic carbocycles. The van der Waals surface area contributed by atoms with Gasteiger partial charge in [0.05, 0.1) is 0 Å². The minimum atomic E-state index is -1.15. The van der Waals surface area contributed by atoms with E-state index in [1.54, 1.807) is 0 Å². The predicted octanol–water partition coefficient (Wildman–Crippen LogP) is -0.854. The van der Waals surface area contributed by atoms with E-state index < -0.39 is 17.9 Å². The topological polar surface area (TPSA) is 89.7 Å². The number of hydroxylamine groups is 2. The third-order valence-electron chi connectivity index (χ3n) is 1.18. The van der Waals surface area contributed by atoms with E-state index in [0.717, 1.165) is 0 Å². The van der Waals surface area contributed by atoms with Crippen molar-refractivity contribution in [3.63, 3.8) is 0 Å². The molecular formula is C5H6N2O4. The summed E-state index contributed by atoms with van der Waals surface area (Å²) in [4.78, 5) is 36.1. The first-order valence-corrected chi connectivity index (χ1v) is 2.90. The van der Waals surface area contributed by atoms with Crippen molar-refractivity contribution in [2.75, 3.05) is 0 Å². The van der Waals surface area contributed by atoms with Crippen LogP contribution in [0.2, 0.25) is 1.41 Å². The average Bonchev–Trinajstić information content (AvgIpc) is 2.35. The molecule has 0 aliphatic carbocycles. The van der Waals surface area contributed by atoms with Crippen LogP contribution < -0.4 is 5.73 Å². The molecule has 0 saturated carbocycles. The molecule has 0 bridgehead atoms. The van der Waals surface area contributed by atoms with Crippen LogP contribution in [-0.2, 0) is 14.4 Å². The molecule has 3 amide bonds. The number of primary amides is 1. The smallest absolute Gasteiger partial charge is 0.333 e. The summed E-state index contributed by atoms with van der Waals surface area (Å²) in [6, 6.07) is 0. The quantitative estimate of drug-likeness (QED) is 0.504. The van der Waals surface area contributed by atoms with Crippen LogP contribution in [0.1, 0.15) is 12.8 Å². The summed E-state index contributed by atoms with van der Waals surface area (Å²) >= 11 is 0. The maximum Gasteiger partial charge on any atom is 0.429 e. The molecular weight excluding hydrogens is 152 g/mol. The number of hydrogen-bond acceptors (Lipinski definition) is 4. The SMILES string of the molecule is [2H]NC(=O)ON1C(=O)CCC1=O. The van der Waals surface area contributed by atoms with Gasteiger partial charge in [-0.2, -0.15) is 0 Å². The summed E-state index contributed by atoms with van der Waals surface area (Å²) in [6.07, 6.45) is -1.06. The number of imide groups is 1. The van der Waals surface area contributed by atoms with Gasteiger partial charge in [-0.3, -0.25) is 9.59 Å².